The van der Waals surface area contributed by atoms with Crippen LogP contribution in [0.3, 0.4) is 0 Å². The van der Waals surface area contributed by atoms with Crippen molar-refractivity contribution in [3.8, 4) is 0 Å². The lowest BCUT2D eigenvalue weighted by molar-refractivity contribution is 0.0905. The van der Waals surface area contributed by atoms with E-state index in [1.165, 1.54) is 6.42 Å². The molecule has 18 heavy (non-hydrogen) atoms. The van der Waals surface area contributed by atoms with Gasteiger partial charge in [0.25, 0.3) is 5.91 Å². The lowest BCUT2D eigenvalue weighted by Crippen LogP contribution is -2.41. The quantitative estimate of drug-likeness (QED) is 0.814. The number of nitrogens with two attached hydrogens (primary N) is 1. The van der Waals surface area contributed by atoms with Crippen LogP contribution in [-0.2, 0) is 0 Å². The predicted octanol–water partition coefficient (Wildman–Crippen LogP) is 2.47. The van der Waals surface area contributed by atoms with Crippen molar-refractivity contribution in [3.63, 3.8) is 0 Å². The highest BCUT2D eigenvalue weighted by molar-refractivity contribution is 5.95. The van der Waals surface area contributed by atoms with E-state index in [-0.39, 0.29) is 17.3 Å². The number of hydrogen-bond donors (Lipinski definition) is 2. The number of benzene rings is 1. The van der Waals surface area contributed by atoms with Gasteiger partial charge in [-0.2, -0.15) is 0 Å². The first-order valence-electron chi connectivity index (χ1n) is 6.04. The summed E-state index contributed by atoms with van der Waals surface area (Å²) in [5, 5.41) is 2.73. The van der Waals surface area contributed by atoms with Crippen LogP contribution in [0.25, 0.3) is 0 Å². The number of carbonyl (C=O) groups excluding carboxylic acids is 1. The van der Waals surface area contributed by atoms with Crippen LogP contribution in [0.1, 0.15) is 36.5 Å². The second kappa shape index (κ2) is 4.92. The Morgan fingerprint density at radius 1 is 1.39 bits per heavy atom. The minimum atomic E-state index is -0.889. The van der Waals surface area contributed by atoms with Gasteiger partial charge in [-0.3, -0.25) is 4.79 Å². The number of rotatable bonds is 3. The zero-order valence-electron chi connectivity index (χ0n) is 10.2. The first kappa shape index (κ1) is 12.8. The first-order valence-corrected chi connectivity index (χ1v) is 6.04. The summed E-state index contributed by atoms with van der Waals surface area (Å²) in [6.07, 6.45) is 3.33. The second-order valence-corrected chi connectivity index (χ2v) is 4.81. The molecule has 1 amide bonds. The van der Waals surface area contributed by atoms with E-state index in [2.05, 4.69) is 5.32 Å². The van der Waals surface area contributed by atoms with E-state index in [1.807, 2.05) is 6.92 Å². The summed E-state index contributed by atoms with van der Waals surface area (Å²) in [5.41, 5.74) is 4.90. The van der Waals surface area contributed by atoms with Gasteiger partial charge in [-0.05, 0) is 31.7 Å². The second-order valence-electron chi connectivity index (χ2n) is 4.81. The fourth-order valence-corrected chi connectivity index (χ4v) is 2.08. The normalized spacial score (nSPS) is 17.1. The molecule has 0 saturated heterocycles. The summed E-state index contributed by atoms with van der Waals surface area (Å²) in [4.78, 5) is 11.9. The zero-order valence-corrected chi connectivity index (χ0v) is 10.2. The third-order valence-corrected chi connectivity index (χ3v) is 3.55. The molecule has 2 rings (SSSR count). The molecule has 0 spiro atoms. The maximum Gasteiger partial charge on any atom is 0.254 e. The predicted molar refractivity (Wildman–Crippen MR) is 65.0 cm³/mol. The van der Waals surface area contributed by atoms with E-state index in [1.54, 1.807) is 0 Å². The van der Waals surface area contributed by atoms with Crippen molar-refractivity contribution in [2.24, 2.45) is 5.92 Å². The van der Waals surface area contributed by atoms with Gasteiger partial charge in [0.15, 0.2) is 0 Å². The Bertz CT molecular complexity index is 472. The highest BCUT2D eigenvalue weighted by Gasteiger charge is 2.26. The Labute approximate surface area is 104 Å². The van der Waals surface area contributed by atoms with E-state index in [0.717, 1.165) is 18.9 Å². The number of hydrogen-bond acceptors (Lipinski definition) is 2. The highest BCUT2D eigenvalue weighted by Crippen LogP contribution is 2.29. The number of amides is 1. The summed E-state index contributed by atoms with van der Waals surface area (Å²) < 4.78 is 26.5. The van der Waals surface area contributed by atoms with Crippen LogP contribution in [-0.4, -0.2) is 11.9 Å². The van der Waals surface area contributed by atoms with Gasteiger partial charge in [0.05, 0.1) is 11.3 Å². The molecule has 1 aliphatic carbocycles. The smallest absolute Gasteiger partial charge is 0.254 e. The molecule has 3 N–H and O–H groups in total. The molecule has 1 atom stereocenters. The fraction of sp³-hybridized carbons (Fsp3) is 0.462. The van der Waals surface area contributed by atoms with Gasteiger partial charge in [-0.1, -0.05) is 6.42 Å². The maximum atomic E-state index is 13.5. The summed E-state index contributed by atoms with van der Waals surface area (Å²) in [6, 6.07) is 1.67. The van der Waals surface area contributed by atoms with Crippen LogP contribution in [0.4, 0.5) is 14.5 Å². The Hall–Kier alpha value is -1.65. The van der Waals surface area contributed by atoms with Gasteiger partial charge < -0.3 is 11.1 Å². The molecular weight excluding hydrogens is 238 g/mol. The molecule has 98 valence electrons. The van der Waals surface area contributed by atoms with Crippen molar-refractivity contribution >= 4 is 11.6 Å². The lowest BCUT2D eigenvalue weighted by atomic mass is 9.80. The van der Waals surface area contributed by atoms with Gasteiger partial charge in [0, 0.05) is 12.1 Å². The molecule has 0 heterocycles. The molecule has 0 aliphatic heterocycles. The van der Waals surface area contributed by atoms with Crippen molar-refractivity contribution in [2.45, 2.75) is 32.2 Å². The number of anilines is 1. The van der Waals surface area contributed by atoms with E-state index >= 15 is 0 Å². The van der Waals surface area contributed by atoms with Gasteiger partial charge in [0.2, 0.25) is 0 Å². The van der Waals surface area contributed by atoms with Crippen LogP contribution in [0, 0.1) is 17.6 Å². The molecule has 1 aliphatic rings. The Balaban J connectivity index is 2.10. The van der Waals surface area contributed by atoms with Crippen molar-refractivity contribution < 1.29 is 13.6 Å². The fourth-order valence-electron chi connectivity index (χ4n) is 2.08. The third-order valence-electron chi connectivity index (χ3n) is 3.55. The molecule has 1 unspecified atom stereocenters. The van der Waals surface area contributed by atoms with E-state index in [0.29, 0.717) is 12.0 Å². The van der Waals surface area contributed by atoms with Crippen LogP contribution in [0.5, 0.6) is 0 Å². The van der Waals surface area contributed by atoms with Gasteiger partial charge in [0.1, 0.15) is 11.6 Å². The van der Waals surface area contributed by atoms with Crippen LogP contribution >= 0.6 is 0 Å². The van der Waals surface area contributed by atoms with Gasteiger partial charge in [-0.25, -0.2) is 8.78 Å². The average molecular weight is 254 g/mol. The number of nitrogen functional groups attached to an aromatic ring is 1. The number of carbonyl (C=O) groups is 1. The van der Waals surface area contributed by atoms with Gasteiger partial charge >= 0.3 is 0 Å². The van der Waals surface area contributed by atoms with Crippen LogP contribution < -0.4 is 11.1 Å². The maximum absolute atomic E-state index is 13.5. The SMILES string of the molecule is CC(NC(=O)c1cc(N)c(F)cc1F)C1CCC1. The molecule has 1 aromatic rings. The molecule has 0 bridgehead atoms. The molecule has 1 saturated carbocycles. The highest BCUT2D eigenvalue weighted by atomic mass is 19.1. The average Bonchev–Trinajstić information content (AvgIpc) is 2.20. The third kappa shape index (κ3) is 2.44. The first-order chi connectivity index (χ1) is 8.49. The molecule has 1 aromatic carbocycles. The largest absolute Gasteiger partial charge is 0.396 e. The Kier molecular flexibility index (Phi) is 3.50. The van der Waals surface area contributed by atoms with Crippen LogP contribution in [0.2, 0.25) is 0 Å². The minimum Gasteiger partial charge on any atom is -0.396 e. The standard InChI is InChI=1S/C13H16F2N2O/c1-7(8-3-2-4-8)17-13(18)9-5-12(16)11(15)6-10(9)14/h5-8H,2-4,16H2,1H3,(H,17,18). The van der Waals surface area contributed by atoms with Gasteiger partial charge in [-0.15, -0.1) is 0 Å². The Morgan fingerprint density at radius 3 is 2.61 bits per heavy atom. The van der Waals surface area contributed by atoms with E-state index in [4.69, 9.17) is 5.73 Å². The zero-order chi connectivity index (χ0) is 13.3. The molecule has 0 aromatic heterocycles. The lowest BCUT2D eigenvalue weighted by Gasteiger charge is -2.31. The van der Waals surface area contributed by atoms with Crippen molar-refractivity contribution in [3.05, 3.63) is 29.3 Å². The number of nitrogens with one attached hydrogen (secondary N) is 1. The molecule has 1 fully saturated rings. The summed E-state index contributed by atoms with van der Waals surface area (Å²) in [5.74, 6) is -1.83. The van der Waals surface area contributed by atoms with E-state index < -0.39 is 17.5 Å². The van der Waals surface area contributed by atoms with Crippen molar-refractivity contribution in [1.82, 2.24) is 5.32 Å². The summed E-state index contributed by atoms with van der Waals surface area (Å²) in [6.45, 7) is 1.90. The molecule has 5 heteroatoms. The van der Waals surface area contributed by atoms with E-state index in [9.17, 15) is 13.6 Å². The van der Waals surface area contributed by atoms with Crippen molar-refractivity contribution in [1.29, 1.82) is 0 Å². The molecular formula is C13H16F2N2O. The summed E-state index contributed by atoms with van der Waals surface area (Å²) >= 11 is 0. The molecule has 3 nitrogen and oxygen atoms in total. The minimum absolute atomic E-state index is 0.00284. The topological polar surface area (TPSA) is 55.1 Å². The number of halogens is 2. The monoisotopic (exact) mass is 254 g/mol. The molecule has 0 radical (unpaired) electrons. The van der Waals surface area contributed by atoms with Crippen LogP contribution in [0.15, 0.2) is 12.1 Å². The summed E-state index contributed by atoms with van der Waals surface area (Å²) in [7, 11) is 0. The van der Waals surface area contributed by atoms with Crippen molar-refractivity contribution in [2.75, 3.05) is 5.73 Å². The Morgan fingerprint density at radius 2 is 2.06 bits per heavy atom.